The molecule has 1 aliphatic heterocycles. The monoisotopic (exact) mass is 508 g/mol. The Balaban J connectivity index is 0.00000169. The van der Waals surface area contributed by atoms with E-state index < -0.39 is 0 Å². The van der Waals surface area contributed by atoms with Crippen molar-refractivity contribution in [3.05, 3.63) is 101 Å². The lowest BCUT2D eigenvalue weighted by molar-refractivity contribution is -0.384. The maximum atomic E-state index is 12.2. The molecule has 1 N–H and O–H groups in total. The van der Waals surface area contributed by atoms with Crippen molar-refractivity contribution < 1.29 is 9.72 Å². The van der Waals surface area contributed by atoms with Gasteiger partial charge in [0.15, 0.2) is 0 Å². The highest BCUT2D eigenvalue weighted by Crippen LogP contribution is 2.34. The molecular formula is C30H44N4O3. The van der Waals surface area contributed by atoms with E-state index in [1.165, 1.54) is 0 Å². The molecule has 1 saturated heterocycles. The van der Waals surface area contributed by atoms with E-state index in [0.717, 1.165) is 18.8 Å². The molecule has 7 nitrogen and oxygen atoms in total. The van der Waals surface area contributed by atoms with Gasteiger partial charge < -0.3 is 15.1 Å². The lowest BCUT2D eigenvalue weighted by Gasteiger charge is -2.37. The first-order valence-corrected chi connectivity index (χ1v) is 12.8. The van der Waals surface area contributed by atoms with Crippen LogP contribution in [0.3, 0.4) is 0 Å². The minimum atomic E-state index is -0.359. The maximum absolute atomic E-state index is 12.2. The molecule has 3 rings (SSSR count). The van der Waals surface area contributed by atoms with Crippen molar-refractivity contribution in [2.75, 3.05) is 38.1 Å². The van der Waals surface area contributed by atoms with E-state index in [0.29, 0.717) is 41.0 Å². The minimum Gasteiger partial charge on any atom is -0.372 e. The van der Waals surface area contributed by atoms with Gasteiger partial charge in [0.25, 0.3) is 11.6 Å². The summed E-state index contributed by atoms with van der Waals surface area (Å²) in [7, 11) is 1.56. The lowest BCUT2D eigenvalue weighted by atomic mass is 9.94. The molecule has 202 valence electrons. The quantitative estimate of drug-likeness (QED) is 0.260. The standard InChI is InChI=1S/C23H26N4O3.C3H6.2C2H6/c1-16(2)25-11-13-26(14-12-25)21-10-9-18(15-22(21)27(29)30)17(3)19-7-5-6-8-20(19)23(28)24-4;1-3-2;2*1-2/h5-10,15H,1,3,11-14H2,2,4H3,(H,24,28);3H,1H2,2H3;2*1-2H3. The van der Waals surface area contributed by atoms with Crippen LogP contribution in [0.25, 0.3) is 5.57 Å². The Hall–Kier alpha value is -3.87. The van der Waals surface area contributed by atoms with Crippen LogP contribution in [0.4, 0.5) is 11.4 Å². The number of nitro groups is 1. The zero-order valence-corrected chi connectivity index (χ0v) is 23.6. The largest absolute Gasteiger partial charge is 0.372 e. The molecule has 0 bridgehead atoms. The fourth-order valence-electron chi connectivity index (χ4n) is 3.69. The molecule has 0 unspecified atom stereocenters. The molecule has 2 aromatic carbocycles. The summed E-state index contributed by atoms with van der Waals surface area (Å²) in [4.78, 5) is 27.9. The lowest BCUT2D eigenvalue weighted by Crippen LogP contribution is -2.45. The number of nitrogens with one attached hydrogen (secondary N) is 1. The summed E-state index contributed by atoms with van der Waals surface area (Å²) in [6.45, 7) is 26.2. The Labute approximate surface area is 223 Å². The molecule has 1 fully saturated rings. The third-order valence-corrected chi connectivity index (χ3v) is 5.40. The van der Waals surface area contributed by atoms with Crippen molar-refractivity contribution in [3.8, 4) is 0 Å². The fourth-order valence-corrected chi connectivity index (χ4v) is 3.69. The first kappa shape index (κ1) is 33.1. The Morgan fingerprint density at radius 2 is 1.51 bits per heavy atom. The molecular weight excluding hydrogens is 464 g/mol. The Bertz CT molecular complexity index is 1050. The first-order valence-electron chi connectivity index (χ1n) is 12.8. The van der Waals surface area contributed by atoms with Gasteiger partial charge in [-0.05, 0) is 42.7 Å². The van der Waals surface area contributed by atoms with Crippen molar-refractivity contribution >= 4 is 22.9 Å². The number of rotatable bonds is 6. The van der Waals surface area contributed by atoms with Crippen LogP contribution in [0.1, 0.15) is 63.0 Å². The zero-order valence-electron chi connectivity index (χ0n) is 23.6. The number of carbonyl (C=O) groups excluding carboxylic acids is 1. The second-order valence-electron chi connectivity index (χ2n) is 7.68. The molecule has 1 heterocycles. The minimum absolute atomic E-state index is 0.0369. The molecule has 0 saturated carbocycles. The number of benzene rings is 2. The van der Waals surface area contributed by atoms with Crippen LogP contribution in [-0.2, 0) is 0 Å². The summed E-state index contributed by atoms with van der Waals surface area (Å²) >= 11 is 0. The van der Waals surface area contributed by atoms with Crippen molar-refractivity contribution in [2.45, 2.75) is 41.5 Å². The van der Waals surface area contributed by atoms with Crippen LogP contribution in [0, 0.1) is 10.1 Å². The number of nitrogens with zero attached hydrogens (tertiary/aromatic N) is 3. The summed E-state index contributed by atoms with van der Waals surface area (Å²) in [5.74, 6) is -0.228. The summed E-state index contributed by atoms with van der Waals surface area (Å²) < 4.78 is 0. The summed E-state index contributed by atoms with van der Waals surface area (Å²) in [5, 5.41) is 14.4. The number of amides is 1. The number of piperazine rings is 1. The second-order valence-corrected chi connectivity index (χ2v) is 7.68. The predicted molar refractivity (Wildman–Crippen MR) is 158 cm³/mol. The van der Waals surface area contributed by atoms with Crippen LogP contribution >= 0.6 is 0 Å². The van der Waals surface area contributed by atoms with Crippen molar-refractivity contribution in [1.82, 2.24) is 10.2 Å². The van der Waals surface area contributed by atoms with Gasteiger partial charge in [0.1, 0.15) is 5.69 Å². The van der Waals surface area contributed by atoms with E-state index in [2.05, 4.69) is 30.0 Å². The predicted octanol–water partition coefficient (Wildman–Crippen LogP) is 6.92. The fraction of sp³-hybridized carbons (Fsp3) is 0.367. The van der Waals surface area contributed by atoms with Gasteiger partial charge in [0, 0.05) is 50.6 Å². The van der Waals surface area contributed by atoms with Gasteiger partial charge in [0.2, 0.25) is 0 Å². The van der Waals surface area contributed by atoms with Crippen LogP contribution < -0.4 is 10.2 Å². The average Bonchev–Trinajstić information content (AvgIpc) is 2.94. The number of carbonyl (C=O) groups is 1. The third kappa shape index (κ3) is 9.26. The molecule has 37 heavy (non-hydrogen) atoms. The molecule has 0 aliphatic carbocycles. The van der Waals surface area contributed by atoms with E-state index in [9.17, 15) is 14.9 Å². The van der Waals surface area contributed by atoms with Crippen molar-refractivity contribution in [2.24, 2.45) is 0 Å². The highest BCUT2D eigenvalue weighted by Gasteiger charge is 2.25. The highest BCUT2D eigenvalue weighted by molar-refractivity contribution is 6.00. The van der Waals surface area contributed by atoms with E-state index in [-0.39, 0.29) is 16.5 Å². The Morgan fingerprint density at radius 3 is 1.97 bits per heavy atom. The number of allylic oxidation sites excluding steroid dienone is 2. The molecule has 7 heteroatoms. The Kier molecular flexibility index (Phi) is 15.7. The van der Waals surface area contributed by atoms with E-state index >= 15 is 0 Å². The maximum Gasteiger partial charge on any atom is 0.293 e. The third-order valence-electron chi connectivity index (χ3n) is 5.40. The van der Waals surface area contributed by atoms with Gasteiger partial charge in [-0.2, -0.15) is 0 Å². The number of nitro benzene ring substituents is 1. The van der Waals surface area contributed by atoms with Crippen LogP contribution in [0.5, 0.6) is 0 Å². The molecule has 0 radical (unpaired) electrons. The zero-order chi connectivity index (χ0) is 28.5. The highest BCUT2D eigenvalue weighted by atomic mass is 16.6. The topological polar surface area (TPSA) is 78.7 Å². The molecule has 0 atom stereocenters. The normalized spacial score (nSPS) is 11.8. The summed E-state index contributed by atoms with van der Waals surface area (Å²) in [5.41, 5.74) is 3.94. The number of hydrogen-bond acceptors (Lipinski definition) is 5. The number of anilines is 1. The average molecular weight is 509 g/mol. The SMILES string of the molecule is C=C(c1ccc(N2CCN(C(=C)C)CC2)c([N+](=O)[O-])c1)c1ccccc1C(=O)NC.C=CC.CC.CC. The molecule has 0 spiro atoms. The van der Waals surface area contributed by atoms with Crippen LogP contribution in [0.2, 0.25) is 0 Å². The van der Waals surface area contributed by atoms with Gasteiger partial charge >= 0.3 is 0 Å². The Morgan fingerprint density at radius 1 is 1.00 bits per heavy atom. The first-order chi connectivity index (χ1) is 17.7. The van der Waals surface area contributed by atoms with Crippen molar-refractivity contribution in [3.63, 3.8) is 0 Å². The summed E-state index contributed by atoms with van der Waals surface area (Å²) in [6, 6.07) is 12.2. The molecule has 2 aromatic rings. The van der Waals surface area contributed by atoms with Gasteiger partial charge in [-0.3, -0.25) is 14.9 Å². The van der Waals surface area contributed by atoms with Gasteiger partial charge in [-0.25, -0.2) is 0 Å². The van der Waals surface area contributed by atoms with Gasteiger partial charge in [0.05, 0.1) is 4.92 Å². The van der Waals surface area contributed by atoms with Crippen LogP contribution in [-0.4, -0.2) is 49.0 Å². The summed E-state index contributed by atoms with van der Waals surface area (Å²) in [6.07, 6.45) is 1.75. The second kappa shape index (κ2) is 17.5. The van der Waals surface area contributed by atoms with Gasteiger partial charge in [-0.15, -0.1) is 6.58 Å². The van der Waals surface area contributed by atoms with Crippen LogP contribution in [0.15, 0.2) is 74.0 Å². The smallest absolute Gasteiger partial charge is 0.293 e. The molecule has 1 aliphatic rings. The van der Waals surface area contributed by atoms with E-state index in [1.54, 1.807) is 43.5 Å². The molecule has 0 aromatic heterocycles. The van der Waals surface area contributed by atoms with E-state index in [1.807, 2.05) is 58.6 Å². The van der Waals surface area contributed by atoms with Crippen molar-refractivity contribution in [1.29, 1.82) is 0 Å². The molecule has 1 amide bonds. The van der Waals surface area contributed by atoms with E-state index in [4.69, 9.17) is 0 Å². The van der Waals surface area contributed by atoms with Gasteiger partial charge in [-0.1, -0.05) is 71.2 Å². The number of hydrogen-bond donors (Lipinski definition) is 1.